The van der Waals surface area contributed by atoms with Crippen LogP contribution in [-0.2, 0) is 0 Å². The molecule has 236 valence electrons. The summed E-state index contributed by atoms with van der Waals surface area (Å²) in [6.45, 7) is 5.14. The minimum atomic E-state index is -0.312. The fourth-order valence-corrected chi connectivity index (χ4v) is 7.53. The van der Waals surface area contributed by atoms with Crippen LogP contribution in [0.25, 0.3) is 43.4 Å². The molecule has 7 rings (SSSR count). The lowest BCUT2D eigenvalue weighted by Crippen LogP contribution is -2.41. The van der Waals surface area contributed by atoms with Gasteiger partial charge in [-0.3, -0.25) is 38.9 Å². The molecule has 0 bridgehead atoms. The second-order valence-electron chi connectivity index (χ2n) is 12.9. The molecule has 4 heterocycles. The molecule has 46 heavy (non-hydrogen) atoms. The Labute approximate surface area is 268 Å². The summed E-state index contributed by atoms with van der Waals surface area (Å²) < 4.78 is 0. The normalized spacial score (nSPS) is 14.7. The fraction of sp³-hybridized carbons (Fsp3) is 0.421. The summed E-state index contributed by atoms with van der Waals surface area (Å²) in [5.74, 6) is -1.18. The topological polar surface area (TPSA) is 101 Å². The molecule has 0 fully saturated rings. The standard InChI is InChI=1S/C38H40N4O4/c1-3-5-7-9-11-13-19-41-35(43)25-17-15-23-24-16-18-26-30-28(38(46)42(36(26)44)20-14-12-10-8-6-4-2)22-40-34(32(24)30)33-31(23)29(25)27(21-39-33)37(41)45/h15-18,21-22H,3-14,19-20H2,1-2H3. The van der Waals surface area contributed by atoms with Crippen LogP contribution in [0.1, 0.15) is 132 Å². The molecule has 0 N–H and O–H groups in total. The number of unbranched alkanes of at least 4 members (excludes halogenated alkanes) is 10. The van der Waals surface area contributed by atoms with Crippen LogP contribution in [0.5, 0.6) is 0 Å². The van der Waals surface area contributed by atoms with Crippen LogP contribution in [0.2, 0.25) is 0 Å². The number of benzene rings is 3. The van der Waals surface area contributed by atoms with Crippen molar-refractivity contribution in [3.8, 4) is 0 Å². The van der Waals surface area contributed by atoms with Crippen molar-refractivity contribution in [1.82, 2.24) is 19.8 Å². The summed E-state index contributed by atoms with van der Waals surface area (Å²) in [5, 5.41) is 4.29. The maximum Gasteiger partial charge on any atom is 0.262 e. The minimum Gasteiger partial charge on any atom is -0.274 e. The summed E-state index contributed by atoms with van der Waals surface area (Å²) in [7, 11) is 0. The van der Waals surface area contributed by atoms with E-state index in [9.17, 15) is 19.2 Å². The lowest BCUT2D eigenvalue weighted by atomic mass is 9.86. The number of aromatic nitrogens is 2. The monoisotopic (exact) mass is 616 g/mol. The maximum absolute atomic E-state index is 13.7. The zero-order valence-electron chi connectivity index (χ0n) is 26.8. The first-order valence-corrected chi connectivity index (χ1v) is 17.1. The number of fused-ring (bicyclic) bond motifs is 2. The Morgan fingerprint density at radius 3 is 1.24 bits per heavy atom. The lowest BCUT2D eigenvalue weighted by Gasteiger charge is -2.29. The third kappa shape index (κ3) is 4.72. The molecule has 2 aromatic heterocycles. The number of carbonyl (C=O) groups is 4. The number of hydrogen-bond donors (Lipinski definition) is 0. The number of pyridine rings is 2. The largest absolute Gasteiger partial charge is 0.274 e. The van der Waals surface area contributed by atoms with E-state index < -0.39 is 0 Å². The molecule has 8 nitrogen and oxygen atoms in total. The molecule has 0 saturated heterocycles. The first-order valence-electron chi connectivity index (χ1n) is 17.1. The summed E-state index contributed by atoms with van der Waals surface area (Å²) in [5.41, 5.74) is 2.95. The molecule has 0 atom stereocenters. The highest BCUT2D eigenvalue weighted by atomic mass is 16.2. The van der Waals surface area contributed by atoms with E-state index in [2.05, 4.69) is 13.8 Å². The molecular formula is C38H40N4O4. The molecule has 4 amide bonds. The minimum absolute atomic E-state index is 0.277. The second-order valence-corrected chi connectivity index (χ2v) is 12.9. The van der Waals surface area contributed by atoms with Crippen molar-refractivity contribution >= 4 is 67.0 Å². The van der Waals surface area contributed by atoms with E-state index in [0.29, 0.717) is 57.1 Å². The van der Waals surface area contributed by atoms with Crippen molar-refractivity contribution in [3.63, 3.8) is 0 Å². The molecule has 3 aromatic carbocycles. The van der Waals surface area contributed by atoms with Crippen LogP contribution >= 0.6 is 0 Å². The molecule has 0 spiro atoms. The first kappa shape index (κ1) is 30.2. The van der Waals surface area contributed by atoms with Crippen LogP contribution < -0.4 is 0 Å². The molecule has 5 aromatic rings. The van der Waals surface area contributed by atoms with Crippen LogP contribution in [0.4, 0.5) is 0 Å². The van der Waals surface area contributed by atoms with E-state index in [1.54, 1.807) is 24.5 Å². The zero-order valence-corrected chi connectivity index (χ0v) is 26.8. The van der Waals surface area contributed by atoms with E-state index in [4.69, 9.17) is 9.97 Å². The maximum atomic E-state index is 13.7. The number of hydrogen-bond acceptors (Lipinski definition) is 6. The van der Waals surface area contributed by atoms with Gasteiger partial charge in [0.15, 0.2) is 0 Å². The van der Waals surface area contributed by atoms with Crippen molar-refractivity contribution in [1.29, 1.82) is 0 Å². The number of rotatable bonds is 14. The highest BCUT2D eigenvalue weighted by molar-refractivity contribution is 6.39. The number of imide groups is 2. The van der Waals surface area contributed by atoms with Crippen molar-refractivity contribution in [2.45, 2.75) is 90.9 Å². The molecule has 0 aliphatic carbocycles. The number of carbonyl (C=O) groups excluding carboxylic acids is 4. The van der Waals surface area contributed by atoms with Gasteiger partial charge < -0.3 is 0 Å². The van der Waals surface area contributed by atoms with E-state index in [1.165, 1.54) is 48.3 Å². The first-order chi connectivity index (χ1) is 22.5. The molecular weight excluding hydrogens is 576 g/mol. The van der Waals surface area contributed by atoms with Crippen molar-refractivity contribution in [3.05, 3.63) is 58.9 Å². The summed E-state index contributed by atoms with van der Waals surface area (Å²) in [6, 6.07) is 7.43. The van der Waals surface area contributed by atoms with Gasteiger partial charge in [-0.15, -0.1) is 0 Å². The number of nitrogens with zero attached hydrogens (tertiary/aromatic N) is 4. The van der Waals surface area contributed by atoms with E-state index in [-0.39, 0.29) is 23.6 Å². The van der Waals surface area contributed by atoms with E-state index in [0.717, 1.165) is 60.1 Å². The van der Waals surface area contributed by atoms with Gasteiger partial charge in [0.2, 0.25) is 0 Å². The second kappa shape index (κ2) is 12.4. The third-order valence-electron chi connectivity index (χ3n) is 9.96. The molecule has 2 aliphatic rings. The van der Waals surface area contributed by atoms with E-state index >= 15 is 0 Å². The average molecular weight is 617 g/mol. The zero-order chi connectivity index (χ0) is 31.9. The van der Waals surface area contributed by atoms with Gasteiger partial charge in [-0.1, -0.05) is 90.2 Å². The quantitative estimate of drug-likeness (QED) is 0.0537. The SMILES string of the molecule is CCCCCCCCN1C(=O)c2ccc3c4ccc5c6c(cnc(c7ncc(c2c37)C1=O)c64)C(=O)N(CCCCCCCC)C5=O. The smallest absolute Gasteiger partial charge is 0.262 e. The third-order valence-corrected chi connectivity index (χ3v) is 9.96. The van der Waals surface area contributed by atoms with Crippen LogP contribution in [-0.4, -0.2) is 56.5 Å². The molecule has 0 radical (unpaired) electrons. The van der Waals surface area contributed by atoms with Crippen molar-refractivity contribution < 1.29 is 19.2 Å². The van der Waals surface area contributed by atoms with Gasteiger partial charge in [0.1, 0.15) is 0 Å². The summed E-state index contributed by atoms with van der Waals surface area (Å²) >= 11 is 0. The number of amides is 4. The molecule has 0 saturated carbocycles. The molecule has 8 heteroatoms. The average Bonchev–Trinajstić information content (AvgIpc) is 3.07. The van der Waals surface area contributed by atoms with Crippen LogP contribution in [0.15, 0.2) is 36.7 Å². The van der Waals surface area contributed by atoms with Crippen molar-refractivity contribution in [2.24, 2.45) is 0 Å². The fourth-order valence-electron chi connectivity index (χ4n) is 7.53. The summed E-state index contributed by atoms with van der Waals surface area (Å²) in [6.07, 6.45) is 15.9. The van der Waals surface area contributed by atoms with Crippen LogP contribution in [0.3, 0.4) is 0 Å². The molecule has 2 aliphatic heterocycles. The predicted molar refractivity (Wildman–Crippen MR) is 181 cm³/mol. The van der Waals surface area contributed by atoms with Gasteiger partial charge >= 0.3 is 0 Å². The van der Waals surface area contributed by atoms with Gasteiger partial charge in [0, 0.05) is 58.2 Å². The molecule has 0 unspecified atom stereocenters. The van der Waals surface area contributed by atoms with Gasteiger partial charge in [-0.25, -0.2) is 0 Å². The van der Waals surface area contributed by atoms with Crippen LogP contribution in [0, 0.1) is 0 Å². The van der Waals surface area contributed by atoms with Gasteiger partial charge in [-0.05, 0) is 35.7 Å². The predicted octanol–water partition coefficient (Wildman–Crippen LogP) is 8.44. The van der Waals surface area contributed by atoms with E-state index in [1.807, 2.05) is 12.1 Å². The Hall–Kier alpha value is -4.46. The van der Waals surface area contributed by atoms with Gasteiger partial charge in [0.25, 0.3) is 23.6 Å². The Morgan fingerprint density at radius 1 is 0.457 bits per heavy atom. The Bertz CT molecular complexity index is 1770. The van der Waals surface area contributed by atoms with Gasteiger partial charge in [0.05, 0.1) is 22.2 Å². The van der Waals surface area contributed by atoms with Crippen molar-refractivity contribution in [2.75, 3.05) is 13.1 Å². The lowest BCUT2D eigenvalue weighted by molar-refractivity contribution is 0.0592. The highest BCUT2D eigenvalue weighted by Crippen LogP contribution is 2.44. The Kier molecular flexibility index (Phi) is 8.13. The Balaban J connectivity index is 1.27. The highest BCUT2D eigenvalue weighted by Gasteiger charge is 2.37. The Morgan fingerprint density at radius 2 is 0.826 bits per heavy atom. The van der Waals surface area contributed by atoms with Gasteiger partial charge in [-0.2, -0.15) is 0 Å². The summed E-state index contributed by atoms with van der Waals surface area (Å²) in [4.78, 5) is 67.1.